The third-order valence-electron chi connectivity index (χ3n) is 5.57. The quantitative estimate of drug-likeness (QED) is 0.839. The Balaban J connectivity index is 1.25. The van der Waals surface area contributed by atoms with Crippen molar-refractivity contribution in [2.45, 2.75) is 62.8 Å². The predicted molar refractivity (Wildman–Crippen MR) is 102 cm³/mol. The Labute approximate surface area is 150 Å². The van der Waals surface area contributed by atoms with Crippen LogP contribution in [0.2, 0.25) is 0 Å². The molecule has 0 aliphatic heterocycles. The molecular weight excluding hydrogens is 308 g/mol. The molecule has 3 heteroatoms. The largest absolute Gasteiger partial charge is 0.489 e. The van der Waals surface area contributed by atoms with Crippen LogP contribution < -0.4 is 15.8 Å². The molecule has 2 aliphatic rings. The van der Waals surface area contributed by atoms with Crippen molar-refractivity contribution in [3.05, 3.63) is 65.7 Å². The molecule has 2 aromatic carbocycles. The average Bonchev–Trinajstić information content (AvgIpc) is 3.42. The van der Waals surface area contributed by atoms with E-state index < -0.39 is 0 Å². The van der Waals surface area contributed by atoms with Gasteiger partial charge in [-0.25, -0.2) is 0 Å². The topological polar surface area (TPSA) is 47.3 Å². The molecule has 0 amide bonds. The van der Waals surface area contributed by atoms with Crippen molar-refractivity contribution >= 4 is 0 Å². The van der Waals surface area contributed by atoms with E-state index in [1.54, 1.807) is 0 Å². The minimum atomic E-state index is 0.427. The molecule has 0 aromatic heterocycles. The second-order valence-corrected chi connectivity index (χ2v) is 7.57. The van der Waals surface area contributed by atoms with E-state index in [-0.39, 0.29) is 0 Å². The monoisotopic (exact) mass is 336 g/mol. The van der Waals surface area contributed by atoms with E-state index in [2.05, 4.69) is 41.7 Å². The zero-order valence-electron chi connectivity index (χ0n) is 14.7. The average molecular weight is 336 g/mol. The minimum Gasteiger partial charge on any atom is -0.489 e. The summed E-state index contributed by atoms with van der Waals surface area (Å²) in [7, 11) is 0. The van der Waals surface area contributed by atoms with E-state index in [1.165, 1.54) is 43.2 Å². The van der Waals surface area contributed by atoms with E-state index in [4.69, 9.17) is 10.5 Å². The highest BCUT2D eigenvalue weighted by atomic mass is 16.5. The summed E-state index contributed by atoms with van der Waals surface area (Å²) in [5.41, 5.74) is 8.63. The van der Waals surface area contributed by atoms with Gasteiger partial charge in [-0.1, -0.05) is 42.5 Å². The number of nitrogens with two attached hydrogens (primary N) is 1. The Bertz CT molecular complexity index is 662. The fourth-order valence-electron chi connectivity index (χ4n) is 3.89. The summed E-state index contributed by atoms with van der Waals surface area (Å²) in [4.78, 5) is 0. The number of nitrogens with one attached hydrogen (secondary N) is 1. The van der Waals surface area contributed by atoms with Crippen LogP contribution in [0.1, 0.15) is 49.1 Å². The summed E-state index contributed by atoms with van der Waals surface area (Å²) in [6.45, 7) is 0.623. The van der Waals surface area contributed by atoms with Crippen LogP contribution in [0.4, 0.5) is 0 Å². The van der Waals surface area contributed by atoms with E-state index in [0.29, 0.717) is 30.7 Å². The molecule has 3 nitrogen and oxygen atoms in total. The lowest BCUT2D eigenvalue weighted by Gasteiger charge is -2.27. The number of ether oxygens (including phenoxy) is 1. The number of rotatable bonds is 6. The van der Waals surface area contributed by atoms with Crippen LogP contribution in [0.3, 0.4) is 0 Å². The van der Waals surface area contributed by atoms with Crippen molar-refractivity contribution < 1.29 is 4.74 Å². The summed E-state index contributed by atoms with van der Waals surface area (Å²) in [6.07, 6.45) is 6.06. The van der Waals surface area contributed by atoms with Gasteiger partial charge >= 0.3 is 0 Å². The molecule has 2 aliphatic carbocycles. The molecular formula is C22H28N2O. The lowest BCUT2D eigenvalue weighted by atomic mass is 9.92. The van der Waals surface area contributed by atoms with Crippen LogP contribution in [0.25, 0.3) is 0 Å². The van der Waals surface area contributed by atoms with Gasteiger partial charge < -0.3 is 15.8 Å². The summed E-state index contributed by atoms with van der Waals surface area (Å²) < 4.78 is 5.88. The summed E-state index contributed by atoms with van der Waals surface area (Å²) in [5, 5.41) is 3.84. The fourth-order valence-corrected chi connectivity index (χ4v) is 3.89. The molecule has 2 fully saturated rings. The van der Waals surface area contributed by atoms with Crippen molar-refractivity contribution in [3.63, 3.8) is 0 Å². The molecule has 2 atom stereocenters. The number of benzene rings is 2. The molecule has 4 rings (SSSR count). The Morgan fingerprint density at radius 1 is 0.920 bits per heavy atom. The first-order valence-corrected chi connectivity index (χ1v) is 9.56. The summed E-state index contributed by atoms with van der Waals surface area (Å²) in [5.74, 6) is 1.61. The third kappa shape index (κ3) is 4.42. The van der Waals surface area contributed by atoms with Crippen LogP contribution >= 0.6 is 0 Å². The van der Waals surface area contributed by atoms with E-state index in [1.807, 2.05) is 18.2 Å². The number of hydrogen-bond donors (Lipinski definition) is 2. The molecule has 0 spiro atoms. The third-order valence-corrected chi connectivity index (χ3v) is 5.57. The molecule has 0 radical (unpaired) electrons. The Morgan fingerprint density at radius 3 is 2.36 bits per heavy atom. The molecule has 2 saturated carbocycles. The minimum absolute atomic E-state index is 0.427. The molecule has 3 N–H and O–H groups in total. The van der Waals surface area contributed by atoms with Gasteiger partial charge in [0.25, 0.3) is 0 Å². The highest BCUT2D eigenvalue weighted by Gasteiger charge is 2.39. The molecule has 2 unspecified atom stereocenters. The van der Waals surface area contributed by atoms with Crippen LogP contribution in [0.15, 0.2) is 54.6 Å². The van der Waals surface area contributed by atoms with E-state index in [9.17, 15) is 0 Å². The Kier molecular flexibility index (Phi) is 5.04. The van der Waals surface area contributed by atoms with Crippen molar-refractivity contribution in [3.8, 4) is 5.75 Å². The van der Waals surface area contributed by atoms with Gasteiger partial charge in [-0.05, 0) is 55.4 Å². The van der Waals surface area contributed by atoms with Crippen LogP contribution in [-0.2, 0) is 6.61 Å². The molecule has 2 aromatic rings. The summed E-state index contributed by atoms with van der Waals surface area (Å²) >= 11 is 0. The zero-order chi connectivity index (χ0) is 17.1. The first-order chi connectivity index (χ1) is 12.3. The molecule has 0 bridgehead atoms. The predicted octanol–water partition coefficient (Wildman–Crippen LogP) is 3.98. The van der Waals surface area contributed by atoms with Crippen LogP contribution in [0, 0.1) is 0 Å². The van der Waals surface area contributed by atoms with Gasteiger partial charge in [-0.2, -0.15) is 0 Å². The fraction of sp³-hybridized carbons (Fsp3) is 0.455. The normalized spacial score (nSPS) is 28.5. The second-order valence-electron chi connectivity index (χ2n) is 7.57. The smallest absolute Gasteiger partial charge is 0.119 e. The first-order valence-electron chi connectivity index (χ1n) is 9.56. The standard InChI is InChI=1S/C22H28N2O/c23-18-8-10-19(11-9-18)24-22-14-21(22)17-6-12-20(13-7-17)25-15-16-4-2-1-3-5-16/h1-7,12-13,18-19,21-22,24H,8-11,14-15,23H2. The van der Waals surface area contributed by atoms with Crippen molar-refractivity contribution in [2.75, 3.05) is 0 Å². The van der Waals surface area contributed by atoms with Crippen molar-refractivity contribution in [1.29, 1.82) is 0 Å². The molecule has 25 heavy (non-hydrogen) atoms. The highest BCUT2D eigenvalue weighted by Crippen LogP contribution is 2.42. The van der Waals surface area contributed by atoms with Gasteiger partial charge in [0.15, 0.2) is 0 Å². The lowest BCUT2D eigenvalue weighted by molar-refractivity contribution is 0.306. The van der Waals surface area contributed by atoms with Gasteiger partial charge in [0.05, 0.1) is 0 Å². The van der Waals surface area contributed by atoms with Gasteiger partial charge in [0.1, 0.15) is 12.4 Å². The maximum Gasteiger partial charge on any atom is 0.119 e. The van der Waals surface area contributed by atoms with Gasteiger partial charge in [0.2, 0.25) is 0 Å². The maximum atomic E-state index is 6.00. The number of hydrogen-bond acceptors (Lipinski definition) is 3. The SMILES string of the molecule is NC1CCC(NC2CC2c2ccc(OCc3ccccc3)cc2)CC1. The second kappa shape index (κ2) is 7.59. The lowest BCUT2D eigenvalue weighted by Crippen LogP contribution is -2.38. The van der Waals surface area contributed by atoms with E-state index >= 15 is 0 Å². The van der Waals surface area contributed by atoms with Gasteiger partial charge in [0, 0.05) is 24.0 Å². The summed E-state index contributed by atoms with van der Waals surface area (Å²) in [6, 6.07) is 20.7. The van der Waals surface area contributed by atoms with Gasteiger partial charge in [-0.15, -0.1) is 0 Å². The Morgan fingerprint density at radius 2 is 1.64 bits per heavy atom. The van der Waals surface area contributed by atoms with Crippen molar-refractivity contribution in [2.24, 2.45) is 5.73 Å². The van der Waals surface area contributed by atoms with E-state index in [0.717, 1.165) is 5.75 Å². The molecule has 0 saturated heterocycles. The highest BCUT2D eigenvalue weighted by molar-refractivity contribution is 5.34. The van der Waals surface area contributed by atoms with Gasteiger partial charge in [-0.3, -0.25) is 0 Å². The molecule has 0 heterocycles. The first kappa shape index (κ1) is 16.6. The van der Waals surface area contributed by atoms with Crippen LogP contribution in [-0.4, -0.2) is 18.1 Å². The van der Waals surface area contributed by atoms with Crippen LogP contribution in [0.5, 0.6) is 5.75 Å². The Hall–Kier alpha value is -1.84. The maximum absolute atomic E-state index is 6.00. The zero-order valence-corrected chi connectivity index (χ0v) is 14.7. The van der Waals surface area contributed by atoms with Crippen molar-refractivity contribution in [1.82, 2.24) is 5.32 Å². The molecule has 132 valence electrons.